The highest BCUT2D eigenvalue weighted by Gasteiger charge is 2.34. The van der Waals surface area contributed by atoms with Gasteiger partial charge in [0.2, 0.25) is 10.0 Å². The largest absolute Gasteiger partial charge is 0.465 e. The van der Waals surface area contributed by atoms with Crippen LogP contribution < -0.4 is 4.72 Å². The lowest BCUT2D eigenvalue weighted by Gasteiger charge is -2.20. The number of nitrogens with one attached hydrogen (secondary N) is 1. The summed E-state index contributed by atoms with van der Waals surface area (Å²) < 4.78 is 36.2. The maximum atomic E-state index is 12.2. The summed E-state index contributed by atoms with van der Waals surface area (Å²) in [5, 5.41) is 11.5. The minimum atomic E-state index is -3.88. The first kappa shape index (κ1) is 15.4. The van der Waals surface area contributed by atoms with Crippen LogP contribution in [0, 0.1) is 0 Å². The molecule has 1 unspecified atom stereocenters. The summed E-state index contributed by atoms with van der Waals surface area (Å²) >= 11 is 0.985. The molecule has 2 N–H and O–H groups in total. The van der Waals surface area contributed by atoms with E-state index in [2.05, 4.69) is 9.46 Å². The second-order valence-electron chi connectivity index (χ2n) is 4.46. The Hall–Kier alpha value is -1.00. The molecule has 1 aromatic rings. The third-order valence-electron chi connectivity index (χ3n) is 2.96. The standard InChI is InChI=1S/C11H15NO6S2/c1-17-10(13)9-8(2-5-19-9)20(15,16)12-6-11(14)3-4-18-7-11/h2,5,12,14H,3-4,6-7H2,1H3. The molecule has 0 radical (unpaired) electrons. The smallest absolute Gasteiger partial charge is 0.349 e. The number of hydrogen-bond donors (Lipinski definition) is 2. The number of hydrogen-bond acceptors (Lipinski definition) is 7. The van der Waals surface area contributed by atoms with E-state index in [0.29, 0.717) is 13.0 Å². The topological polar surface area (TPSA) is 102 Å². The lowest BCUT2D eigenvalue weighted by atomic mass is 10.1. The van der Waals surface area contributed by atoms with Crippen molar-refractivity contribution in [2.75, 3.05) is 26.9 Å². The number of carbonyl (C=O) groups is 1. The molecule has 112 valence electrons. The van der Waals surface area contributed by atoms with E-state index in [1.165, 1.54) is 18.6 Å². The molecule has 1 aliphatic heterocycles. The molecular formula is C11H15NO6S2. The van der Waals surface area contributed by atoms with Crippen molar-refractivity contribution < 1.29 is 27.8 Å². The van der Waals surface area contributed by atoms with Gasteiger partial charge in [-0.2, -0.15) is 0 Å². The van der Waals surface area contributed by atoms with Crippen molar-refractivity contribution in [3.8, 4) is 0 Å². The third kappa shape index (κ3) is 3.18. The Morgan fingerprint density at radius 2 is 2.40 bits per heavy atom. The van der Waals surface area contributed by atoms with E-state index in [1.54, 1.807) is 0 Å². The third-order valence-corrected chi connectivity index (χ3v) is 5.43. The quantitative estimate of drug-likeness (QED) is 0.738. The molecule has 1 aromatic heterocycles. The predicted molar refractivity (Wildman–Crippen MR) is 71.2 cm³/mol. The summed E-state index contributed by atoms with van der Waals surface area (Å²) in [5.74, 6) is -0.705. The second-order valence-corrected chi connectivity index (χ2v) is 7.11. The molecule has 0 saturated carbocycles. The molecule has 1 aliphatic rings. The van der Waals surface area contributed by atoms with Gasteiger partial charge in [-0.3, -0.25) is 0 Å². The average molecular weight is 321 g/mol. The SMILES string of the molecule is COC(=O)c1sccc1S(=O)(=O)NCC1(O)CCOC1. The van der Waals surface area contributed by atoms with Gasteiger partial charge in [-0.25, -0.2) is 17.9 Å². The number of sulfonamides is 1. The van der Waals surface area contributed by atoms with Gasteiger partial charge in [-0.15, -0.1) is 11.3 Å². The van der Waals surface area contributed by atoms with Crippen LogP contribution in [0.15, 0.2) is 16.3 Å². The summed E-state index contributed by atoms with van der Waals surface area (Å²) in [6.07, 6.45) is 0.364. The Balaban J connectivity index is 2.14. The maximum absolute atomic E-state index is 12.2. The summed E-state index contributed by atoms with van der Waals surface area (Å²) in [5.41, 5.74) is -1.20. The fourth-order valence-corrected chi connectivity index (χ4v) is 4.25. The molecule has 7 nitrogen and oxygen atoms in total. The Morgan fingerprint density at radius 3 is 3.00 bits per heavy atom. The molecule has 2 rings (SSSR count). The lowest BCUT2D eigenvalue weighted by Crippen LogP contribution is -2.43. The zero-order valence-electron chi connectivity index (χ0n) is 10.8. The van der Waals surface area contributed by atoms with Crippen LogP contribution in [0.25, 0.3) is 0 Å². The van der Waals surface area contributed by atoms with Crippen LogP contribution >= 0.6 is 11.3 Å². The van der Waals surface area contributed by atoms with E-state index in [9.17, 15) is 18.3 Å². The fraction of sp³-hybridized carbons (Fsp3) is 0.545. The summed E-state index contributed by atoms with van der Waals surface area (Å²) in [6.45, 7) is 0.318. The van der Waals surface area contributed by atoms with Crippen molar-refractivity contribution in [2.45, 2.75) is 16.9 Å². The van der Waals surface area contributed by atoms with Crippen LogP contribution in [0.3, 0.4) is 0 Å². The Bertz CT molecular complexity index is 588. The number of esters is 1. The molecule has 20 heavy (non-hydrogen) atoms. The molecule has 0 aliphatic carbocycles. The van der Waals surface area contributed by atoms with Crippen LogP contribution in [0.5, 0.6) is 0 Å². The molecule has 0 amide bonds. The van der Waals surface area contributed by atoms with Crippen molar-refractivity contribution >= 4 is 27.3 Å². The van der Waals surface area contributed by atoms with E-state index in [1.807, 2.05) is 0 Å². The lowest BCUT2D eigenvalue weighted by molar-refractivity contribution is 0.0314. The van der Waals surface area contributed by atoms with Gasteiger partial charge in [-0.1, -0.05) is 0 Å². The number of carbonyl (C=O) groups excluding carboxylic acids is 1. The van der Waals surface area contributed by atoms with Crippen LogP contribution in [0.4, 0.5) is 0 Å². The second kappa shape index (κ2) is 5.78. The van der Waals surface area contributed by atoms with Gasteiger partial charge in [0, 0.05) is 19.6 Å². The highest BCUT2D eigenvalue weighted by Crippen LogP contribution is 2.24. The molecule has 0 aromatic carbocycles. The first-order chi connectivity index (χ1) is 9.38. The van der Waals surface area contributed by atoms with Crippen LogP contribution in [0.2, 0.25) is 0 Å². The highest BCUT2D eigenvalue weighted by atomic mass is 32.2. The van der Waals surface area contributed by atoms with Crippen LogP contribution in [-0.4, -0.2) is 52.0 Å². The van der Waals surface area contributed by atoms with Crippen molar-refractivity contribution in [1.29, 1.82) is 0 Å². The summed E-state index contributed by atoms with van der Waals surface area (Å²) in [4.78, 5) is 11.4. The van der Waals surface area contributed by atoms with Gasteiger partial charge in [0.15, 0.2) is 0 Å². The predicted octanol–water partition coefficient (Wildman–Crippen LogP) is -0.0356. The number of ether oxygens (including phenoxy) is 2. The molecule has 1 saturated heterocycles. The monoisotopic (exact) mass is 321 g/mol. The van der Waals surface area contributed by atoms with Crippen LogP contribution in [0.1, 0.15) is 16.1 Å². The van der Waals surface area contributed by atoms with Crippen molar-refractivity contribution in [1.82, 2.24) is 4.72 Å². The van der Waals surface area contributed by atoms with Gasteiger partial charge < -0.3 is 14.6 Å². The zero-order chi connectivity index (χ0) is 14.8. The number of rotatable bonds is 5. The molecule has 0 spiro atoms. The Morgan fingerprint density at radius 1 is 1.65 bits per heavy atom. The van der Waals surface area contributed by atoms with Crippen molar-refractivity contribution in [2.24, 2.45) is 0 Å². The molecular weight excluding hydrogens is 306 g/mol. The average Bonchev–Trinajstić information content (AvgIpc) is 3.05. The van der Waals surface area contributed by atoms with Gasteiger partial charge in [0.05, 0.1) is 13.7 Å². The van der Waals surface area contributed by atoms with Gasteiger partial charge in [-0.05, 0) is 11.4 Å². The Labute approximate surface area is 120 Å². The molecule has 1 fully saturated rings. The van der Waals surface area contributed by atoms with Crippen molar-refractivity contribution in [3.63, 3.8) is 0 Å². The van der Waals surface area contributed by atoms with E-state index in [-0.39, 0.29) is 22.9 Å². The zero-order valence-corrected chi connectivity index (χ0v) is 12.4. The Kier molecular flexibility index (Phi) is 4.45. The molecule has 1 atom stereocenters. The van der Waals surface area contributed by atoms with Crippen LogP contribution in [-0.2, 0) is 19.5 Å². The normalized spacial score (nSPS) is 22.9. The number of thiophene rings is 1. The summed E-state index contributed by atoms with van der Waals surface area (Å²) in [6, 6.07) is 1.33. The number of methoxy groups -OCH3 is 1. The fourth-order valence-electron chi connectivity index (χ4n) is 1.79. The minimum Gasteiger partial charge on any atom is -0.465 e. The van der Waals surface area contributed by atoms with E-state index in [0.717, 1.165) is 11.3 Å². The van der Waals surface area contributed by atoms with Gasteiger partial charge in [0.25, 0.3) is 0 Å². The first-order valence-electron chi connectivity index (χ1n) is 5.84. The van der Waals surface area contributed by atoms with Gasteiger partial charge in [0.1, 0.15) is 15.4 Å². The maximum Gasteiger partial charge on any atom is 0.349 e. The van der Waals surface area contributed by atoms with Gasteiger partial charge >= 0.3 is 5.97 Å². The van der Waals surface area contributed by atoms with E-state index in [4.69, 9.17) is 4.74 Å². The number of aliphatic hydroxyl groups is 1. The molecule has 0 bridgehead atoms. The van der Waals surface area contributed by atoms with E-state index >= 15 is 0 Å². The molecule has 2 heterocycles. The first-order valence-corrected chi connectivity index (χ1v) is 8.20. The minimum absolute atomic E-state index is 0.00895. The van der Waals surface area contributed by atoms with Crippen molar-refractivity contribution in [3.05, 3.63) is 16.3 Å². The highest BCUT2D eigenvalue weighted by molar-refractivity contribution is 7.89. The summed E-state index contributed by atoms with van der Waals surface area (Å²) in [7, 11) is -2.70. The molecule has 9 heteroatoms. The van der Waals surface area contributed by atoms with E-state index < -0.39 is 21.6 Å².